The second-order valence-corrected chi connectivity index (χ2v) is 4.99. The lowest BCUT2D eigenvalue weighted by Gasteiger charge is -2.04. The first-order chi connectivity index (χ1) is 9.42. The first-order valence-electron chi connectivity index (χ1n) is 6.96. The fraction of sp³-hybridized carbons (Fsp3) is 0.400. The molecule has 2 N–H and O–H groups in total. The summed E-state index contributed by atoms with van der Waals surface area (Å²) in [5.41, 5.74) is 2.18. The summed E-state index contributed by atoms with van der Waals surface area (Å²) in [6.07, 6.45) is 4.71. The first-order valence-corrected chi connectivity index (χ1v) is 6.96. The lowest BCUT2D eigenvalue weighted by atomic mass is 10.3. The summed E-state index contributed by atoms with van der Waals surface area (Å²) in [6, 6.07) is 13.0. The molecule has 4 nitrogen and oxygen atoms in total. The summed E-state index contributed by atoms with van der Waals surface area (Å²) < 4.78 is 1.92. The van der Waals surface area contributed by atoms with Crippen molar-refractivity contribution >= 4 is 0 Å². The molecule has 0 aliphatic heterocycles. The molecule has 0 amide bonds. The zero-order chi connectivity index (χ0) is 12.9. The molecule has 2 aromatic rings. The van der Waals surface area contributed by atoms with E-state index >= 15 is 0 Å². The van der Waals surface area contributed by atoms with Gasteiger partial charge < -0.3 is 10.6 Å². The molecular weight excluding hydrogens is 236 g/mol. The number of nitrogens with one attached hydrogen (secondary N) is 2. The Morgan fingerprint density at radius 3 is 2.74 bits per heavy atom. The monoisotopic (exact) mass is 256 g/mol. The molecule has 0 spiro atoms. The van der Waals surface area contributed by atoms with E-state index in [4.69, 9.17) is 0 Å². The lowest BCUT2D eigenvalue weighted by Crippen LogP contribution is -2.28. The van der Waals surface area contributed by atoms with E-state index in [0.29, 0.717) is 0 Å². The minimum absolute atomic E-state index is 0.791. The normalized spacial score (nSPS) is 14.7. The van der Waals surface area contributed by atoms with Gasteiger partial charge in [0.25, 0.3) is 0 Å². The maximum Gasteiger partial charge on any atom is 0.0766 e. The average molecular weight is 256 g/mol. The van der Waals surface area contributed by atoms with Gasteiger partial charge in [-0.25, -0.2) is 4.68 Å². The Morgan fingerprint density at radius 2 is 1.95 bits per heavy atom. The number of rotatable bonds is 7. The van der Waals surface area contributed by atoms with Crippen LogP contribution in [0.4, 0.5) is 0 Å². The highest BCUT2D eigenvalue weighted by Crippen LogP contribution is 2.17. The van der Waals surface area contributed by atoms with Gasteiger partial charge in [-0.15, -0.1) is 0 Å². The van der Waals surface area contributed by atoms with Crippen LogP contribution in [0.15, 0.2) is 42.6 Å². The van der Waals surface area contributed by atoms with Crippen LogP contribution in [-0.2, 0) is 6.54 Å². The molecule has 3 rings (SSSR count). The molecule has 1 aromatic heterocycles. The maximum atomic E-state index is 4.56. The Balaban J connectivity index is 1.45. The van der Waals surface area contributed by atoms with Crippen LogP contribution in [0, 0.1) is 0 Å². The van der Waals surface area contributed by atoms with Crippen LogP contribution in [0.3, 0.4) is 0 Å². The molecule has 1 aromatic carbocycles. The molecule has 100 valence electrons. The molecule has 1 saturated carbocycles. The van der Waals surface area contributed by atoms with E-state index in [-0.39, 0.29) is 0 Å². The van der Waals surface area contributed by atoms with Gasteiger partial charge >= 0.3 is 0 Å². The van der Waals surface area contributed by atoms with E-state index in [9.17, 15) is 0 Å². The second-order valence-electron chi connectivity index (χ2n) is 4.99. The summed E-state index contributed by atoms with van der Waals surface area (Å²) in [5.74, 6) is 0. The Kier molecular flexibility index (Phi) is 3.91. The fourth-order valence-corrected chi connectivity index (χ4v) is 2.05. The highest BCUT2D eigenvalue weighted by atomic mass is 15.3. The van der Waals surface area contributed by atoms with Gasteiger partial charge in [-0.1, -0.05) is 18.2 Å². The highest BCUT2D eigenvalue weighted by Gasteiger charge is 2.19. The van der Waals surface area contributed by atoms with E-state index in [1.807, 2.05) is 29.1 Å². The Labute approximate surface area is 113 Å². The second kappa shape index (κ2) is 5.99. The van der Waals surface area contributed by atoms with Gasteiger partial charge in [-0.2, -0.15) is 5.10 Å². The van der Waals surface area contributed by atoms with Gasteiger partial charge in [0, 0.05) is 31.9 Å². The number of hydrogen-bond donors (Lipinski definition) is 2. The van der Waals surface area contributed by atoms with Crippen LogP contribution in [0.2, 0.25) is 0 Å². The Bertz CT molecular complexity index is 502. The summed E-state index contributed by atoms with van der Waals surface area (Å²) in [4.78, 5) is 0. The topological polar surface area (TPSA) is 41.9 Å². The third-order valence-corrected chi connectivity index (χ3v) is 3.28. The molecule has 0 radical (unpaired) electrons. The zero-order valence-electron chi connectivity index (χ0n) is 11.0. The summed E-state index contributed by atoms with van der Waals surface area (Å²) in [6.45, 7) is 2.87. The van der Waals surface area contributed by atoms with Crippen molar-refractivity contribution in [2.45, 2.75) is 25.4 Å². The third-order valence-electron chi connectivity index (χ3n) is 3.28. The van der Waals surface area contributed by atoms with Gasteiger partial charge in [0.2, 0.25) is 0 Å². The smallest absolute Gasteiger partial charge is 0.0766 e. The van der Waals surface area contributed by atoms with Crippen molar-refractivity contribution in [3.63, 3.8) is 0 Å². The standard InChI is InChI=1S/C15H20N4/c1-2-4-15(5-3-1)19-11-8-14(18-19)12-16-9-10-17-13-6-7-13/h1-5,8,11,13,16-17H,6-7,9-10,12H2. The van der Waals surface area contributed by atoms with Crippen molar-refractivity contribution in [3.05, 3.63) is 48.3 Å². The van der Waals surface area contributed by atoms with Crippen molar-refractivity contribution in [1.82, 2.24) is 20.4 Å². The molecule has 4 heteroatoms. The molecule has 19 heavy (non-hydrogen) atoms. The summed E-state index contributed by atoms with van der Waals surface area (Å²) in [5, 5.41) is 11.5. The van der Waals surface area contributed by atoms with Crippen LogP contribution < -0.4 is 10.6 Å². The van der Waals surface area contributed by atoms with Crippen molar-refractivity contribution in [2.24, 2.45) is 0 Å². The SMILES string of the molecule is c1ccc(-n2ccc(CNCCNC3CC3)n2)cc1. The fourth-order valence-electron chi connectivity index (χ4n) is 2.05. The van der Waals surface area contributed by atoms with Crippen molar-refractivity contribution in [3.8, 4) is 5.69 Å². The van der Waals surface area contributed by atoms with Crippen molar-refractivity contribution in [1.29, 1.82) is 0 Å². The van der Waals surface area contributed by atoms with Crippen LogP contribution in [0.5, 0.6) is 0 Å². The zero-order valence-corrected chi connectivity index (χ0v) is 11.0. The minimum atomic E-state index is 0.791. The number of hydrogen-bond acceptors (Lipinski definition) is 3. The average Bonchev–Trinajstić information content (AvgIpc) is 3.16. The molecule has 1 aliphatic carbocycles. The molecule has 0 bridgehead atoms. The molecule has 1 fully saturated rings. The molecule has 0 atom stereocenters. The van der Waals surface area contributed by atoms with Gasteiger partial charge in [0.1, 0.15) is 0 Å². The van der Waals surface area contributed by atoms with Gasteiger partial charge in [-0.05, 0) is 31.0 Å². The van der Waals surface area contributed by atoms with E-state index < -0.39 is 0 Å². The predicted octanol–water partition coefficient (Wildman–Crippen LogP) is 1.71. The van der Waals surface area contributed by atoms with Gasteiger partial charge in [-0.3, -0.25) is 0 Å². The Hall–Kier alpha value is -1.65. The van der Waals surface area contributed by atoms with Crippen LogP contribution in [-0.4, -0.2) is 28.9 Å². The van der Waals surface area contributed by atoms with Gasteiger partial charge in [0.15, 0.2) is 0 Å². The third kappa shape index (κ3) is 3.66. The highest BCUT2D eigenvalue weighted by molar-refractivity contribution is 5.30. The van der Waals surface area contributed by atoms with Crippen LogP contribution in [0.25, 0.3) is 5.69 Å². The molecule has 0 unspecified atom stereocenters. The molecular formula is C15H20N4. The quantitative estimate of drug-likeness (QED) is 0.741. The van der Waals surface area contributed by atoms with Crippen LogP contribution in [0.1, 0.15) is 18.5 Å². The minimum Gasteiger partial charge on any atom is -0.313 e. The Morgan fingerprint density at radius 1 is 1.11 bits per heavy atom. The summed E-state index contributed by atoms with van der Waals surface area (Å²) >= 11 is 0. The first kappa shape index (κ1) is 12.4. The number of benzene rings is 1. The lowest BCUT2D eigenvalue weighted by molar-refractivity contribution is 0.601. The van der Waals surface area contributed by atoms with E-state index in [1.165, 1.54) is 12.8 Å². The van der Waals surface area contributed by atoms with E-state index in [0.717, 1.165) is 37.1 Å². The van der Waals surface area contributed by atoms with Crippen molar-refractivity contribution < 1.29 is 0 Å². The number of aromatic nitrogens is 2. The largest absolute Gasteiger partial charge is 0.313 e. The van der Waals surface area contributed by atoms with Crippen LogP contribution >= 0.6 is 0 Å². The molecule has 1 aliphatic rings. The van der Waals surface area contributed by atoms with E-state index in [1.54, 1.807) is 0 Å². The van der Waals surface area contributed by atoms with Crippen molar-refractivity contribution in [2.75, 3.05) is 13.1 Å². The summed E-state index contributed by atoms with van der Waals surface area (Å²) in [7, 11) is 0. The number of nitrogens with zero attached hydrogens (tertiary/aromatic N) is 2. The predicted molar refractivity (Wildman–Crippen MR) is 76.3 cm³/mol. The van der Waals surface area contributed by atoms with E-state index in [2.05, 4.69) is 33.9 Å². The maximum absolute atomic E-state index is 4.56. The molecule has 0 saturated heterocycles. The van der Waals surface area contributed by atoms with Gasteiger partial charge in [0.05, 0.1) is 11.4 Å². The number of para-hydroxylation sites is 1. The molecule has 1 heterocycles.